The first kappa shape index (κ1) is 11.0. The Morgan fingerprint density at radius 3 is 3.06 bits per heavy atom. The van der Waals surface area contributed by atoms with Crippen LogP contribution in [0.25, 0.3) is 10.1 Å². The molecule has 2 aliphatic rings. The Labute approximate surface area is 112 Å². The quantitative estimate of drug-likeness (QED) is 0.693. The van der Waals surface area contributed by atoms with Gasteiger partial charge in [-0.25, -0.2) is 0 Å². The maximum atomic E-state index is 2.57. The summed E-state index contributed by atoms with van der Waals surface area (Å²) in [6, 6.07) is 9.72. The molecule has 0 radical (unpaired) electrons. The molecule has 1 aliphatic carbocycles. The molecule has 2 heteroatoms. The molecule has 2 heterocycles. The summed E-state index contributed by atoms with van der Waals surface area (Å²) < 4.78 is 1.49. The molecule has 1 aliphatic heterocycles. The lowest BCUT2D eigenvalue weighted by Gasteiger charge is -2.47. The number of fused-ring (bicyclic) bond motifs is 6. The van der Waals surface area contributed by atoms with Gasteiger partial charge in [0.25, 0.3) is 0 Å². The zero-order chi connectivity index (χ0) is 12.3. The van der Waals surface area contributed by atoms with Crippen molar-refractivity contribution < 1.29 is 0 Å². The molecule has 0 amide bonds. The van der Waals surface area contributed by atoms with Crippen molar-refractivity contribution in [1.29, 1.82) is 0 Å². The summed E-state index contributed by atoms with van der Waals surface area (Å²) in [6.45, 7) is 3.75. The van der Waals surface area contributed by atoms with Crippen LogP contribution in [0, 0.1) is 0 Å². The second kappa shape index (κ2) is 3.58. The van der Waals surface area contributed by atoms with Crippen LogP contribution >= 0.6 is 11.3 Å². The van der Waals surface area contributed by atoms with E-state index in [9.17, 15) is 0 Å². The van der Waals surface area contributed by atoms with Crippen LogP contribution in [0.3, 0.4) is 0 Å². The maximum Gasteiger partial charge on any atom is 0.0348 e. The number of rotatable bonds is 0. The fraction of sp³-hybridized carbons (Fsp3) is 0.500. The highest BCUT2D eigenvalue weighted by molar-refractivity contribution is 7.19. The summed E-state index contributed by atoms with van der Waals surface area (Å²) in [5.41, 5.74) is 2.09. The molecule has 1 nitrogen and oxygen atoms in total. The Hall–Kier alpha value is -0.860. The molecule has 4 rings (SSSR count). The molecule has 0 saturated carbocycles. The zero-order valence-corrected chi connectivity index (χ0v) is 11.9. The van der Waals surface area contributed by atoms with Crippen LogP contribution in [0.5, 0.6) is 0 Å². The van der Waals surface area contributed by atoms with Gasteiger partial charge in [-0.1, -0.05) is 25.1 Å². The van der Waals surface area contributed by atoms with Gasteiger partial charge < -0.3 is 4.90 Å². The van der Waals surface area contributed by atoms with Gasteiger partial charge in [-0.3, -0.25) is 0 Å². The van der Waals surface area contributed by atoms with Gasteiger partial charge in [0.1, 0.15) is 0 Å². The minimum atomic E-state index is 0.439. The van der Waals surface area contributed by atoms with Crippen molar-refractivity contribution in [1.82, 2.24) is 4.90 Å². The first-order chi connectivity index (χ1) is 8.67. The van der Waals surface area contributed by atoms with E-state index in [1.54, 1.807) is 10.4 Å². The smallest absolute Gasteiger partial charge is 0.0348 e. The average molecular weight is 257 g/mol. The number of hydrogen-bond acceptors (Lipinski definition) is 2. The fourth-order valence-corrected chi connectivity index (χ4v) is 5.26. The number of thiophene rings is 1. The number of hydrogen-bond donors (Lipinski definition) is 0. The van der Waals surface area contributed by atoms with Crippen molar-refractivity contribution in [2.75, 3.05) is 13.6 Å². The highest BCUT2D eigenvalue weighted by atomic mass is 32.1. The van der Waals surface area contributed by atoms with Crippen LogP contribution in [-0.4, -0.2) is 24.5 Å². The summed E-state index contributed by atoms with van der Waals surface area (Å²) >= 11 is 2.05. The summed E-state index contributed by atoms with van der Waals surface area (Å²) in [6.07, 6.45) is 3.93. The van der Waals surface area contributed by atoms with Gasteiger partial charge in [0, 0.05) is 21.0 Å². The number of likely N-dealkylation sites (N-methyl/N-ethyl adjacent to an activating group) is 1. The highest BCUT2D eigenvalue weighted by Crippen LogP contribution is 2.50. The minimum absolute atomic E-state index is 0.439. The number of likely N-dealkylation sites (tertiary alicyclic amines) is 1. The third-order valence-corrected chi connectivity index (χ3v) is 6.53. The second-order valence-corrected chi connectivity index (χ2v) is 7.31. The molecule has 0 unspecified atom stereocenters. The normalized spacial score (nSPS) is 31.6. The molecule has 2 aromatic rings. The lowest BCUT2D eigenvalue weighted by atomic mass is 9.69. The Morgan fingerprint density at radius 1 is 1.33 bits per heavy atom. The standard InChI is InChI=1S/C16H19NS/c1-16-7-8-17(2)11(10-16)9-13-12-5-3-4-6-14(12)18-15(13)16/h3-6,11H,7-10H2,1-2H3/t11-,16+/m0/s1. The second-order valence-electron chi connectivity index (χ2n) is 6.26. The lowest BCUT2D eigenvalue weighted by molar-refractivity contribution is 0.116. The number of nitrogens with zero attached hydrogens (tertiary/aromatic N) is 1. The minimum Gasteiger partial charge on any atom is -0.303 e. The monoisotopic (exact) mass is 257 g/mol. The molecule has 0 N–H and O–H groups in total. The van der Waals surface area contributed by atoms with Crippen LogP contribution in [0.2, 0.25) is 0 Å². The SMILES string of the molecule is CN1CC[C@]2(C)C[C@@H]1Cc1c2sc2ccccc12. The molecule has 94 valence electrons. The van der Waals surface area contributed by atoms with E-state index in [-0.39, 0.29) is 0 Å². The maximum absolute atomic E-state index is 2.57. The van der Waals surface area contributed by atoms with Gasteiger partial charge in [-0.2, -0.15) is 0 Å². The van der Waals surface area contributed by atoms with Crippen molar-refractivity contribution in [3.05, 3.63) is 34.7 Å². The lowest BCUT2D eigenvalue weighted by Crippen LogP contribution is -2.49. The van der Waals surface area contributed by atoms with Crippen molar-refractivity contribution in [2.45, 2.75) is 37.6 Å². The van der Waals surface area contributed by atoms with Crippen molar-refractivity contribution in [3.63, 3.8) is 0 Å². The Morgan fingerprint density at radius 2 is 2.17 bits per heavy atom. The van der Waals surface area contributed by atoms with Gasteiger partial charge >= 0.3 is 0 Å². The molecule has 0 spiro atoms. The molecule has 2 atom stereocenters. The van der Waals surface area contributed by atoms with Crippen molar-refractivity contribution >= 4 is 21.4 Å². The van der Waals surface area contributed by atoms with E-state index >= 15 is 0 Å². The summed E-state index contributed by atoms with van der Waals surface area (Å²) in [5.74, 6) is 0. The van der Waals surface area contributed by atoms with Gasteiger partial charge in [-0.05, 0) is 49.9 Å². The molecule has 1 aromatic carbocycles. The predicted molar refractivity (Wildman–Crippen MR) is 78.5 cm³/mol. The van der Waals surface area contributed by atoms with E-state index < -0.39 is 0 Å². The van der Waals surface area contributed by atoms with E-state index in [0.29, 0.717) is 5.41 Å². The van der Waals surface area contributed by atoms with Crippen LogP contribution in [-0.2, 0) is 11.8 Å². The van der Waals surface area contributed by atoms with Crippen molar-refractivity contribution in [3.8, 4) is 0 Å². The molecule has 18 heavy (non-hydrogen) atoms. The molecule has 1 fully saturated rings. The van der Waals surface area contributed by atoms with E-state index in [0.717, 1.165) is 6.04 Å². The highest BCUT2D eigenvalue weighted by Gasteiger charge is 2.43. The Kier molecular flexibility index (Phi) is 2.19. The van der Waals surface area contributed by atoms with Gasteiger partial charge in [0.05, 0.1) is 0 Å². The summed E-state index contributed by atoms with van der Waals surface area (Å²) in [5, 5.41) is 1.52. The summed E-state index contributed by atoms with van der Waals surface area (Å²) in [4.78, 5) is 4.25. The molecule has 1 aromatic heterocycles. The van der Waals surface area contributed by atoms with Crippen molar-refractivity contribution in [2.24, 2.45) is 0 Å². The zero-order valence-electron chi connectivity index (χ0n) is 11.1. The predicted octanol–water partition coefficient (Wildman–Crippen LogP) is 3.81. The van der Waals surface area contributed by atoms with Crippen LogP contribution in [0.15, 0.2) is 24.3 Å². The first-order valence-corrected chi connectivity index (χ1v) is 7.70. The van der Waals surface area contributed by atoms with Gasteiger partial charge in [-0.15, -0.1) is 11.3 Å². The number of piperidine rings is 1. The Balaban J connectivity index is 1.98. The fourth-order valence-electron chi connectivity index (χ4n) is 3.84. The third kappa shape index (κ3) is 1.36. The van der Waals surface area contributed by atoms with E-state index in [4.69, 9.17) is 0 Å². The summed E-state index contributed by atoms with van der Waals surface area (Å²) in [7, 11) is 2.30. The molecular weight excluding hydrogens is 238 g/mol. The van der Waals surface area contributed by atoms with Crippen LogP contribution < -0.4 is 0 Å². The Bertz CT molecular complexity index is 615. The van der Waals surface area contributed by atoms with Gasteiger partial charge in [0.2, 0.25) is 0 Å². The molecule has 2 bridgehead atoms. The van der Waals surface area contributed by atoms with Crippen LogP contribution in [0.4, 0.5) is 0 Å². The topological polar surface area (TPSA) is 3.24 Å². The van der Waals surface area contributed by atoms with E-state index in [2.05, 4.69) is 43.1 Å². The largest absolute Gasteiger partial charge is 0.303 e. The average Bonchev–Trinajstić information content (AvgIpc) is 2.75. The van der Waals surface area contributed by atoms with Crippen LogP contribution in [0.1, 0.15) is 30.2 Å². The number of benzene rings is 1. The van der Waals surface area contributed by atoms with E-state index in [1.165, 1.54) is 35.9 Å². The third-order valence-electron chi connectivity index (χ3n) is 5.01. The van der Waals surface area contributed by atoms with E-state index in [1.807, 2.05) is 11.3 Å². The first-order valence-electron chi connectivity index (χ1n) is 6.88. The molecule has 1 saturated heterocycles. The van der Waals surface area contributed by atoms with Gasteiger partial charge in [0.15, 0.2) is 0 Å². The molecular formula is C16H19NS.